The molecule has 3 rings (SSSR count). The fourth-order valence-electron chi connectivity index (χ4n) is 3.20. The summed E-state index contributed by atoms with van der Waals surface area (Å²) in [4.78, 5) is 12.6. The Bertz CT molecular complexity index is 770. The summed E-state index contributed by atoms with van der Waals surface area (Å²) in [7, 11) is 0. The van der Waals surface area contributed by atoms with Crippen LogP contribution in [-0.2, 0) is 17.6 Å². The SMILES string of the molecule is CC(C)Oc1ccccc1NC(=O)C(C)Oc1ccc2c(c1)CCCC2. The monoisotopic (exact) mass is 353 g/mol. The largest absolute Gasteiger partial charge is 0.489 e. The summed E-state index contributed by atoms with van der Waals surface area (Å²) in [6.07, 6.45) is 4.15. The van der Waals surface area contributed by atoms with E-state index < -0.39 is 6.10 Å². The van der Waals surface area contributed by atoms with Gasteiger partial charge in [0.25, 0.3) is 5.91 Å². The molecule has 1 atom stereocenters. The smallest absolute Gasteiger partial charge is 0.265 e. The van der Waals surface area contributed by atoms with Gasteiger partial charge < -0.3 is 14.8 Å². The Morgan fingerprint density at radius 3 is 2.46 bits per heavy atom. The maximum Gasteiger partial charge on any atom is 0.265 e. The number of hydrogen-bond donors (Lipinski definition) is 1. The van der Waals surface area contributed by atoms with Crippen LogP contribution in [0.25, 0.3) is 0 Å². The van der Waals surface area contributed by atoms with Gasteiger partial charge in [-0.25, -0.2) is 0 Å². The molecule has 1 N–H and O–H groups in total. The van der Waals surface area contributed by atoms with Crippen LogP contribution in [0.3, 0.4) is 0 Å². The van der Waals surface area contributed by atoms with E-state index >= 15 is 0 Å². The Balaban J connectivity index is 1.65. The molecule has 1 aliphatic carbocycles. The number of benzene rings is 2. The van der Waals surface area contributed by atoms with E-state index in [0.717, 1.165) is 18.6 Å². The van der Waals surface area contributed by atoms with Crippen LogP contribution >= 0.6 is 0 Å². The first kappa shape index (κ1) is 18.3. The van der Waals surface area contributed by atoms with Gasteiger partial charge in [0.2, 0.25) is 0 Å². The minimum Gasteiger partial charge on any atom is -0.489 e. The summed E-state index contributed by atoms with van der Waals surface area (Å²) in [5, 5.41) is 2.91. The Morgan fingerprint density at radius 1 is 0.962 bits per heavy atom. The zero-order valence-corrected chi connectivity index (χ0v) is 15.7. The highest BCUT2D eigenvalue weighted by atomic mass is 16.5. The van der Waals surface area contributed by atoms with Gasteiger partial charge in [-0.05, 0) is 81.8 Å². The number of ether oxygens (including phenoxy) is 2. The highest BCUT2D eigenvalue weighted by Gasteiger charge is 2.18. The van der Waals surface area contributed by atoms with Crippen molar-refractivity contribution in [2.75, 3.05) is 5.32 Å². The molecule has 4 nitrogen and oxygen atoms in total. The molecule has 0 fully saturated rings. The van der Waals surface area contributed by atoms with Crippen LogP contribution < -0.4 is 14.8 Å². The highest BCUT2D eigenvalue weighted by molar-refractivity contribution is 5.95. The lowest BCUT2D eigenvalue weighted by Gasteiger charge is -2.20. The molecule has 0 saturated heterocycles. The van der Waals surface area contributed by atoms with E-state index in [9.17, 15) is 4.79 Å². The third kappa shape index (κ3) is 4.57. The molecule has 0 heterocycles. The van der Waals surface area contributed by atoms with Crippen molar-refractivity contribution in [2.45, 2.75) is 58.7 Å². The average Bonchev–Trinajstić information content (AvgIpc) is 2.62. The minimum atomic E-state index is -0.594. The number of amides is 1. The lowest BCUT2D eigenvalue weighted by molar-refractivity contribution is -0.122. The molecule has 1 amide bonds. The van der Waals surface area contributed by atoms with Crippen molar-refractivity contribution in [1.29, 1.82) is 0 Å². The van der Waals surface area contributed by atoms with E-state index in [4.69, 9.17) is 9.47 Å². The Morgan fingerprint density at radius 2 is 1.69 bits per heavy atom. The Kier molecular flexibility index (Phi) is 5.82. The van der Waals surface area contributed by atoms with Gasteiger partial charge in [0.15, 0.2) is 6.10 Å². The molecule has 1 aliphatic rings. The summed E-state index contributed by atoms with van der Waals surface area (Å²) >= 11 is 0. The molecule has 0 aliphatic heterocycles. The van der Waals surface area contributed by atoms with E-state index in [1.165, 1.54) is 24.0 Å². The molecule has 1 unspecified atom stereocenters. The van der Waals surface area contributed by atoms with Gasteiger partial charge >= 0.3 is 0 Å². The van der Waals surface area contributed by atoms with Crippen LogP contribution in [0.1, 0.15) is 44.7 Å². The summed E-state index contributed by atoms with van der Waals surface area (Å²) in [6, 6.07) is 13.6. The predicted octanol–water partition coefficient (Wildman–Crippen LogP) is 4.76. The first-order valence-electron chi connectivity index (χ1n) is 9.38. The molecule has 0 bridgehead atoms. The molecule has 2 aromatic rings. The van der Waals surface area contributed by atoms with Crippen LogP contribution in [0.15, 0.2) is 42.5 Å². The second-order valence-corrected chi connectivity index (χ2v) is 7.05. The minimum absolute atomic E-state index is 0.0391. The standard InChI is InChI=1S/C22H27NO3/c1-15(2)25-21-11-7-6-10-20(21)23-22(24)16(3)26-19-13-12-17-8-4-5-9-18(17)14-19/h6-7,10-16H,4-5,8-9H2,1-3H3,(H,23,24). The van der Waals surface area contributed by atoms with Gasteiger partial charge in [-0.1, -0.05) is 18.2 Å². The number of carbonyl (C=O) groups excluding carboxylic acids is 1. The lowest BCUT2D eigenvalue weighted by Crippen LogP contribution is -2.30. The number of para-hydroxylation sites is 2. The van der Waals surface area contributed by atoms with E-state index in [1.807, 2.05) is 44.2 Å². The molecular formula is C22H27NO3. The first-order valence-corrected chi connectivity index (χ1v) is 9.38. The molecule has 0 radical (unpaired) electrons. The number of anilines is 1. The van der Waals surface area contributed by atoms with Crippen LogP contribution in [-0.4, -0.2) is 18.1 Å². The van der Waals surface area contributed by atoms with Crippen molar-refractivity contribution in [1.82, 2.24) is 0 Å². The summed E-state index contributed by atoms with van der Waals surface area (Å²) in [6.45, 7) is 5.68. The average molecular weight is 353 g/mol. The maximum absolute atomic E-state index is 12.6. The second-order valence-electron chi connectivity index (χ2n) is 7.05. The topological polar surface area (TPSA) is 47.6 Å². The van der Waals surface area contributed by atoms with Gasteiger partial charge in [-0.2, -0.15) is 0 Å². The van der Waals surface area contributed by atoms with Crippen molar-refractivity contribution in [3.8, 4) is 11.5 Å². The van der Waals surface area contributed by atoms with E-state index in [1.54, 1.807) is 6.92 Å². The van der Waals surface area contributed by atoms with Crippen LogP contribution in [0.5, 0.6) is 11.5 Å². The van der Waals surface area contributed by atoms with Crippen molar-refractivity contribution < 1.29 is 14.3 Å². The highest BCUT2D eigenvalue weighted by Crippen LogP contribution is 2.27. The third-order valence-corrected chi connectivity index (χ3v) is 4.51. The Hall–Kier alpha value is -2.49. The molecule has 0 saturated carbocycles. The number of fused-ring (bicyclic) bond motifs is 1. The quantitative estimate of drug-likeness (QED) is 0.814. The zero-order valence-electron chi connectivity index (χ0n) is 15.7. The molecule has 0 aromatic heterocycles. The molecule has 0 spiro atoms. The lowest BCUT2D eigenvalue weighted by atomic mass is 9.92. The first-order chi connectivity index (χ1) is 12.5. The van der Waals surface area contributed by atoms with Gasteiger partial charge in [0.05, 0.1) is 11.8 Å². The Labute approximate surface area is 155 Å². The number of hydrogen-bond acceptors (Lipinski definition) is 3. The molecular weight excluding hydrogens is 326 g/mol. The zero-order chi connectivity index (χ0) is 18.5. The predicted molar refractivity (Wildman–Crippen MR) is 104 cm³/mol. The molecule has 2 aromatic carbocycles. The van der Waals surface area contributed by atoms with E-state index in [-0.39, 0.29) is 12.0 Å². The fraction of sp³-hybridized carbons (Fsp3) is 0.409. The van der Waals surface area contributed by atoms with Gasteiger partial charge in [0, 0.05) is 0 Å². The number of aryl methyl sites for hydroxylation is 2. The van der Waals surface area contributed by atoms with Crippen molar-refractivity contribution >= 4 is 11.6 Å². The summed E-state index contributed by atoms with van der Waals surface area (Å²) in [5.41, 5.74) is 3.41. The molecule has 138 valence electrons. The van der Waals surface area contributed by atoms with Crippen molar-refractivity contribution in [3.05, 3.63) is 53.6 Å². The maximum atomic E-state index is 12.6. The fourth-order valence-corrected chi connectivity index (χ4v) is 3.20. The summed E-state index contributed by atoms with van der Waals surface area (Å²) in [5.74, 6) is 1.22. The van der Waals surface area contributed by atoms with E-state index in [0.29, 0.717) is 11.4 Å². The van der Waals surface area contributed by atoms with Gasteiger partial charge in [-0.15, -0.1) is 0 Å². The number of nitrogens with one attached hydrogen (secondary N) is 1. The third-order valence-electron chi connectivity index (χ3n) is 4.51. The van der Waals surface area contributed by atoms with Crippen LogP contribution in [0.2, 0.25) is 0 Å². The normalized spacial score (nSPS) is 14.5. The summed E-state index contributed by atoms with van der Waals surface area (Å²) < 4.78 is 11.6. The molecule has 26 heavy (non-hydrogen) atoms. The van der Waals surface area contributed by atoms with E-state index in [2.05, 4.69) is 17.4 Å². The second kappa shape index (κ2) is 8.26. The van der Waals surface area contributed by atoms with Crippen LogP contribution in [0, 0.1) is 0 Å². The van der Waals surface area contributed by atoms with Crippen molar-refractivity contribution in [3.63, 3.8) is 0 Å². The van der Waals surface area contributed by atoms with Crippen LogP contribution in [0.4, 0.5) is 5.69 Å². The van der Waals surface area contributed by atoms with Gasteiger partial charge in [-0.3, -0.25) is 4.79 Å². The number of rotatable bonds is 6. The molecule has 4 heteroatoms. The number of carbonyl (C=O) groups is 1. The van der Waals surface area contributed by atoms with Gasteiger partial charge in [0.1, 0.15) is 11.5 Å². The van der Waals surface area contributed by atoms with Crippen molar-refractivity contribution in [2.24, 2.45) is 0 Å².